The van der Waals surface area contributed by atoms with Gasteiger partial charge in [-0.3, -0.25) is 0 Å². The van der Waals surface area contributed by atoms with Gasteiger partial charge in [0.15, 0.2) is 0 Å². The molecule has 0 bridgehead atoms. The number of methoxy groups -OCH3 is 1. The molecule has 3 heteroatoms. The highest BCUT2D eigenvalue weighted by atomic mass is 32.2. The van der Waals surface area contributed by atoms with Gasteiger partial charge in [-0.2, -0.15) is 0 Å². The molecule has 0 saturated heterocycles. The van der Waals surface area contributed by atoms with Crippen LogP contribution in [0.4, 0.5) is 0 Å². The van der Waals surface area contributed by atoms with Gasteiger partial charge in [0.2, 0.25) is 0 Å². The molecule has 0 aromatic heterocycles. The fourth-order valence-electron chi connectivity index (χ4n) is 2.20. The maximum absolute atomic E-state index is 6.40. The summed E-state index contributed by atoms with van der Waals surface area (Å²) in [5, 5.41) is 0. The lowest BCUT2D eigenvalue weighted by Gasteiger charge is -2.17. The summed E-state index contributed by atoms with van der Waals surface area (Å²) in [6.07, 6.45) is 2.07. The molecule has 2 aromatic carbocycles. The SMILES string of the molecule is COc1ccc(C(N)c2ccccc2SC)cc1C. The summed E-state index contributed by atoms with van der Waals surface area (Å²) < 4.78 is 5.29. The average molecular weight is 273 g/mol. The zero-order chi connectivity index (χ0) is 13.8. The first-order chi connectivity index (χ1) is 9.17. The Morgan fingerprint density at radius 3 is 2.53 bits per heavy atom. The van der Waals surface area contributed by atoms with Crippen molar-refractivity contribution in [3.05, 3.63) is 59.2 Å². The van der Waals surface area contributed by atoms with Crippen molar-refractivity contribution >= 4 is 11.8 Å². The molecule has 100 valence electrons. The predicted octanol–water partition coefficient (Wildman–Crippen LogP) is 3.77. The highest BCUT2D eigenvalue weighted by Gasteiger charge is 2.13. The molecule has 2 rings (SSSR count). The van der Waals surface area contributed by atoms with Crippen LogP contribution in [0.2, 0.25) is 0 Å². The predicted molar refractivity (Wildman–Crippen MR) is 82.0 cm³/mol. The minimum Gasteiger partial charge on any atom is -0.496 e. The van der Waals surface area contributed by atoms with Crippen molar-refractivity contribution in [1.29, 1.82) is 0 Å². The van der Waals surface area contributed by atoms with Gasteiger partial charge >= 0.3 is 0 Å². The maximum atomic E-state index is 6.40. The summed E-state index contributed by atoms with van der Waals surface area (Å²) in [5.41, 5.74) is 9.78. The molecule has 2 N–H and O–H groups in total. The van der Waals surface area contributed by atoms with Crippen molar-refractivity contribution in [3.8, 4) is 5.75 Å². The number of hydrogen-bond donors (Lipinski definition) is 1. The largest absolute Gasteiger partial charge is 0.496 e. The van der Waals surface area contributed by atoms with Gasteiger partial charge in [0.1, 0.15) is 5.75 Å². The standard InChI is InChI=1S/C16H19NOS/c1-11-10-12(8-9-14(11)18-2)16(17)13-6-4-5-7-15(13)19-3/h4-10,16H,17H2,1-3H3. The number of rotatable bonds is 4. The Morgan fingerprint density at radius 1 is 1.16 bits per heavy atom. The van der Waals surface area contributed by atoms with Crippen molar-refractivity contribution in [1.82, 2.24) is 0 Å². The highest BCUT2D eigenvalue weighted by molar-refractivity contribution is 7.98. The third-order valence-electron chi connectivity index (χ3n) is 3.25. The molecule has 0 saturated carbocycles. The summed E-state index contributed by atoms with van der Waals surface area (Å²) in [6.45, 7) is 2.04. The lowest BCUT2D eigenvalue weighted by molar-refractivity contribution is 0.411. The molecule has 0 aliphatic heterocycles. The van der Waals surface area contributed by atoms with Crippen LogP contribution in [0, 0.1) is 6.92 Å². The van der Waals surface area contributed by atoms with Gasteiger partial charge in [0, 0.05) is 4.90 Å². The second-order valence-corrected chi connectivity index (χ2v) is 5.30. The van der Waals surface area contributed by atoms with Crippen LogP contribution in [-0.2, 0) is 0 Å². The van der Waals surface area contributed by atoms with Gasteiger partial charge in [-0.05, 0) is 42.0 Å². The Bertz CT molecular complexity index is 568. The number of aryl methyl sites for hydroxylation is 1. The lowest BCUT2D eigenvalue weighted by atomic mass is 9.98. The van der Waals surface area contributed by atoms with E-state index in [4.69, 9.17) is 10.5 Å². The van der Waals surface area contributed by atoms with Crippen LogP contribution >= 0.6 is 11.8 Å². The lowest BCUT2D eigenvalue weighted by Crippen LogP contribution is -2.13. The maximum Gasteiger partial charge on any atom is 0.121 e. The molecule has 0 fully saturated rings. The first-order valence-corrected chi connectivity index (χ1v) is 7.43. The van der Waals surface area contributed by atoms with Gasteiger partial charge in [-0.1, -0.05) is 30.3 Å². The Kier molecular flexibility index (Phi) is 4.51. The summed E-state index contributed by atoms with van der Waals surface area (Å²) >= 11 is 1.73. The first-order valence-electron chi connectivity index (χ1n) is 6.20. The monoisotopic (exact) mass is 273 g/mol. The van der Waals surface area contributed by atoms with Crippen molar-refractivity contribution in [3.63, 3.8) is 0 Å². The first kappa shape index (κ1) is 14.0. The van der Waals surface area contributed by atoms with E-state index < -0.39 is 0 Å². The molecule has 0 spiro atoms. The molecule has 2 aromatic rings. The Morgan fingerprint density at radius 2 is 1.89 bits per heavy atom. The molecule has 0 radical (unpaired) electrons. The van der Waals surface area contributed by atoms with Crippen LogP contribution in [-0.4, -0.2) is 13.4 Å². The zero-order valence-electron chi connectivity index (χ0n) is 11.5. The van der Waals surface area contributed by atoms with Crippen molar-refractivity contribution in [2.75, 3.05) is 13.4 Å². The quantitative estimate of drug-likeness (QED) is 0.861. The minimum absolute atomic E-state index is 0.103. The van der Waals surface area contributed by atoms with E-state index >= 15 is 0 Å². The van der Waals surface area contributed by atoms with E-state index in [0.717, 1.165) is 16.9 Å². The topological polar surface area (TPSA) is 35.2 Å². The van der Waals surface area contributed by atoms with E-state index in [9.17, 15) is 0 Å². The third kappa shape index (κ3) is 2.94. The summed E-state index contributed by atoms with van der Waals surface area (Å²) in [4.78, 5) is 1.23. The third-order valence-corrected chi connectivity index (χ3v) is 4.06. The van der Waals surface area contributed by atoms with Crippen molar-refractivity contribution in [2.45, 2.75) is 17.9 Å². The molecule has 0 aliphatic rings. The van der Waals surface area contributed by atoms with Crippen LogP contribution in [0.15, 0.2) is 47.4 Å². The van der Waals surface area contributed by atoms with E-state index in [-0.39, 0.29) is 6.04 Å². The molecule has 1 unspecified atom stereocenters. The van der Waals surface area contributed by atoms with Gasteiger partial charge in [0.05, 0.1) is 13.2 Å². The van der Waals surface area contributed by atoms with Gasteiger partial charge in [-0.25, -0.2) is 0 Å². The fourth-order valence-corrected chi connectivity index (χ4v) is 2.84. The van der Waals surface area contributed by atoms with Crippen LogP contribution in [0.1, 0.15) is 22.7 Å². The molecule has 1 atom stereocenters. The second-order valence-electron chi connectivity index (χ2n) is 4.45. The Balaban J connectivity index is 2.38. The van der Waals surface area contributed by atoms with Crippen LogP contribution in [0.5, 0.6) is 5.75 Å². The van der Waals surface area contributed by atoms with E-state index in [2.05, 4.69) is 24.5 Å². The summed E-state index contributed by atoms with van der Waals surface area (Å²) in [5.74, 6) is 0.897. The molecular weight excluding hydrogens is 254 g/mol. The van der Waals surface area contributed by atoms with E-state index in [1.54, 1.807) is 18.9 Å². The molecule has 0 heterocycles. The summed E-state index contributed by atoms with van der Waals surface area (Å²) in [6, 6.07) is 14.3. The van der Waals surface area contributed by atoms with Crippen LogP contribution < -0.4 is 10.5 Å². The smallest absolute Gasteiger partial charge is 0.121 e. The zero-order valence-corrected chi connectivity index (χ0v) is 12.3. The van der Waals surface area contributed by atoms with Crippen molar-refractivity contribution < 1.29 is 4.74 Å². The van der Waals surface area contributed by atoms with E-state index in [1.807, 2.05) is 31.2 Å². The van der Waals surface area contributed by atoms with Crippen molar-refractivity contribution in [2.24, 2.45) is 5.73 Å². The van der Waals surface area contributed by atoms with Crippen LogP contribution in [0.25, 0.3) is 0 Å². The van der Waals surface area contributed by atoms with Gasteiger partial charge < -0.3 is 10.5 Å². The molecule has 19 heavy (non-hydrogen) atoms. The minimum atomic E-state index is -0.103. The van der Waals surface area contributed by atoms with Gasteiger partial charge in [-0.15, -0.1) is 11.8 Å². The second kappa shape index (κ2) is 6.13. The average Bonchev–Trinajstić information content (AvgIpc) is 2.46. The van der Waals surface area contributed by atoms with E-state index in [0.29, 0.717) is 0 Å². The molecule has 0 aliphatic carbocycles. The van der Waals surface area contributed by atoms with E-state index in [1.165, 1.54) is 10.5 Å². The number of nitrogens with two attached hydrogens (primary N) is 1. The highest BCUT2D eigenvalue weighted by Crippen LogP contribution is 2.30. The van der Waals surface area contributed by atoms with Crippen LogP contribution in [0.3, 0.4) is 0 Å². The normalized spacial score (nSPS) is 12.2. The number of hydrogen-bond acceptors (Lipinski definition) is 3. The molecule has 2 nitrogen and oxygen atoms in total. The Hall–Kier alpha value is -1.45. The number of ether oxygens (including phenoxy) is 1. The molecule has 0 amide bonds. The summed E-state index contributed by atoms with van der Waals surface area (Å²) in [7, 11) is 1.69. The number of benzene rings is 2. The fraction of sp³-hybridized carbons (Fsp3) is 0.250. The Labute approximate surface area is 119 Å². The van der Waals surface area contributed by atoms with Gasteiger partial charge in [0.25, 0.3) is 0 Å². The number of thioether (sulfide) groups is 1. The molecular formula is C16H19NOS.